The number of hydrogen-bond acceptors (Lipinski definition) is 12. The first-order valence-corrected chi connectivity index (χ1v) is 20.5. The highest BCUT2D eigenvalue weighted by Gasteiger charge is 2.56. The Morgan fingerprint density at radius 2 is 1.20 bits per heavy atom. The van der Waals surface area contributed by atoms with Crippen LogP contribution in [-0.4, -0.2) is 71.4 Å². The van der Waals surface area contributed by atoms with E-state index < -0.39 is 82.8 Å². The second kappa shape index (κ2) is 18.5. The maximum atomic E-state index is 13.7. The van der Waals surface area contributed by atoms with E-state index in [0.717, 1.165) is 22.4 Å². The quantitative estimate of drug-likeness (QED) is 0.0821. The number of carbonyl (C=O) groups excluding carboxylic acids is 4. The van der Waals surface area contributed by atoms with Gasteiger partial charge in [-0.15, -0.1) is 5.10 Å². The molecule has 0 radical (unpaired) electrons. The van der Waals surface area contributed by atoms with Gasteiger partial charge in [-0.25, -0.2) is 0 Å². The van der Waals surface area contributed by atoms with Crippen molar-refractivity contribution >= 4 is 46.9 Å². The third-order valence-electron chi connectivity index (χ3n) is 9.55. The number of benzene rings is 3. The van der Waals surface area contributed by atoms with Crippen LogP contribution in [0.3, 0.4) is 0 Å². The fraction of sp³-hybridized carbons (Fsp3) is 0.479. The largest absolute Gasteiger partial charge is 0.489 e. The van der Waals surface area contributed by atoms with E-state index in [0.29, 0.717) is 17.5 Å². The van der Waals surface area contributed by atoms with Crippen LogP contribution in [0.2, 0.25) is 0 Å². The first-order valence-electron chi connectivity index (χ1n) is 20.5. The Morgan fingerprint density at radius 1 is 0.639 bits per heavy atom. The molecule has 13 nitrogen and oxygen atoms in total. The summed E-state index contributed by atoms with van der Waals surface area (Å²) in [5, 5.41) is 8.06. The summed E-state index contributed by atoms with van der Waals surface area (Å²) in [5.41, 5.74) is -0.616. The molecule has 5 rings (SSSR count). The van der Waals surface area contributed by atoms with Crippen molar-refractivity contribution in [2.75, 3.05) is 6.61 Å². The molecule has 1 aliphatic rings. The van der Waals surface area contributed by atoms with E-state index in [2.05, 4.69) is 10.2 Å². The lowest BCUT2D eigenvalue weighted by Crippen LogP contribution is -2.65. The van der Waals surface area contributed by atoms with Crippen LogP contribution in [0.1, 0.15) is 99.8 Å². The van der Waals surface area contributed by atoms with Crippen molar-refractivity contribution in [3.63, 3.8) is 0 Å². The number of nitrogens with one attached hydrogen (secondary N) is 1. The van der Waals surface area contributed by atoms with Gasteiger partial charge in [0.25, 0.3) is 0 Å². The van der Waals surface area contributed by atoms with Crippen LogP contribution in [-0.2, 0) is 49.5 Å². The highest BCUT2D eigenvalue weighted by Crippen LogP contribution is 2.37. The first-order chi connectivity index (χ1) is 28.4. The number of carbonyl (C=O) groups is 4. The molecule has 0 saturated carbocycles. The number of aromatic nitrogens is 2. The topological polar surface area (TPSA) is 162 Å². The maximum absolute atomic E-state index is 13.7. The lowest BCUT2D eigenvalue weighted by molar-refractivity contribution is -0.294. The lowest BCUT2D eigenvalue weighted by atomic mass is 9.93. The molecular formula is C48H60N2O11. The van der Waals surface area contributed by atoms with Gasteiger partial charge < -0.3 is 33.2 Å². The van der Waals surface area contributed by atoms with Gasteiger partial charge in [0.05, 0.1) is 32.6 Å². The third kappa shape index (κ3) is 12.2. The van der Waals surface area contributed by atoms with Gasteiger partial charge in [0.2, 0.25) is 18.3 Å². The summed E-state index contributed by atoms with van der Waals surface area (Å²) in [4.78, 5) is 54.1. The van der Waals surface area contributed by atoms with Crippen molar-refractivity contribution in [3.8, 4) is 11.6 Å². The second-order valence-electron chi connectivity index (χ2n) is 19.3. The lowest BCUT2D eigenvalue weighted by Gasteiger charge is -2.45. The summed E-state index contributed by atoms with van der Waals surface area (Å²) >= 11 is 0. The molecule has 1 saturated heterocycles. The molecule has 1 N–H and O–H groups in total. The Morgan fingerprint density at radius 3 is 1.77 bits per heavy atom. The van der Waals surface area contributed by atoms with Crippen LogP contribution in [0.15, 0.2) is 72.8 Å². The van der Waals surface area contributed by atoms with Crippen molar-refractivity contribution in [1.29, 1.82) is 0 Å². The fourth-order valence-electron chi connectivity index (χ4n) is 5.79. The molecule has 0 unspecified atom stereocenters. The van der Waals surface area contributed by atoms with Crippen molar-refractivity contribution in [2.24, 2.45) is 21.7 Å². The number of rotatable bonds is 12. The molecule has 2 heterocycles. The smallest absolute Gasteiger partial charge is 0.311 e. The minimum atomic E-state index is -1.51. The maximum Gasteiger partial charge on any atom is 0.311 e. The summed E-state index contributed by atoms with van der Waals surface area (Å²) in [6.07, 6.45) is -3.31. The van der Waals surface area contributed by atoms with Gasteiger partial charge in [0.1, 0.15) is 25.1 Å². The Bertz CT molecular complexity index is 2180. The van der Waals surface area contributed by atoms with E-state index in [1.165, 1.54) is 0 Å². The standard InChI is InChI=1S/C48H60N2O11/c1-45(2,3)41(51)56-28-34-36(58-42(52)46(4,5)6)37(59-43(53)47(7,8)9)38(60-44(54)48(10,11)12)40(57-34)61-39-35-31(19-16-20-33(35)49-50-39)24-21-29-22-25-32(26-23-29)55-27-30-17-14-13-15-18-30/h13-26,34,36-38,40H,27-28H2,1-12H3,(H,49,50)/b24-21+/t34-,36-,37+,38-,40+/m1/s1. The van der Waals surface area contributed by atoms with Gasteiger partial charge >= 0.3 is 23.9 Å². The molecule has 1 aromatic heterocycles. The normalized spacial score (nSPS) is 19.9. The molecule has 328 valence electrons. The molecule has 1 aliphatic heterocycles. The number of ether oxygens (including phenoxy) is 7. The third-order valence-corrected chi connectivity index (χ3v) is 9.55. The highest BCUT2D eigenvalue weighted by atomic mass is 16.7. The van der Waals surface area contributed by atoms with Gasteiger partial charge in [-0.05, 0) is 118 Å². The van der Waals surface area contributed by atoms with Crippen molar-refractivity contribution in [2.45, 2.75) is 120 Å². The predicted molar refractivity (Wildman–Crippen MR) is 230 cm³/mol. The minimum absolute atomic E-state index is 0.0817. The van der Waals surface area contributed by atoms with E-state index in [1.807, 2.05) is 84.9 Å². The molecule has 0 amide bonds. The molecule has 3 aromatic carbocycles. The average molecular weight is 841 g/mol. The zero-order valence-electron chi connectivity index (χ0n) is 37.3. The zero-order chi connectivity index (χ0) is 44.9. The van der Waals surface area contributed by atoms with Gasteiger partial charge in [-0.1, -0.05) is 66.7 Å². The molecule has 61 heavy (non-hydrogen) atoms. The highest BCUT2D eigenvalue weighted by molar-refractivity contribution is 5.94. The Labute approximate surface area is 358 Å². The molecular weight excluding hydrogens is 781 g/mol. The molecule has 13 heteroatoms. The Kier molecular flexibility index (Phi) is 14.1. The van der Waals surface area contributed by atoms with E-state index in [4.69, 9.17) is 33.2 Å². The SMILES string of the molecule is CC(C)(C)C(=O)OC[C@H]1O[C@@H](Oc2n[nH]c3cccc(/C=C/c4ccc(OCc5ccccc5)cc4)c23)[C@H](OC(=O)C(C)(C)C)[C@@H](OC(=O)C(C)(C)C)[C@@H]1OC(=O)C(C)(C)C. The van der Waals surface area contributed by atoms with Crippen molar-refractivity contribution in [3.05, 3.63) is 89.5 Å². The number of fused-ring (bicyclic) bond motifs is 1. The van der Waals surface area contributed by atoms with Crippen LogP contribution in [0, 0.1) is 21.7 Å². The number of aromatic amines is 1. The van der Waals surface area contributed by atoms with E-state index in [9.17, 15) is 19.2 Å². The summed E-state index contributed by atoms with van der Waals surface area (Å²) in [6, 6.07) is 23.2. The predicted octanol–water partition coefficient (Wildman–Crippen LogP) is 8.88. The number of H-pyrrole nitrogens is 1. The zero-order valence-corrected chi connectivity index (χ0v) is 37.3. The number of nitrogens with zero attached hydrogens (tertiary/aromatic N) is 1. The molecule has 0 bridgehead atoms. The molecule has 1 fully saturated rings. The van der Waals surface area contributed by atoms with Crippen LogP contribution >= 0.6 is 0 Å². The van der Waals surface area contributed by atoms with E-state index in [-0.39, 0.29) is 5.88 Å². The minimum Gasteiger partial charge on any atom is -0.489 e. The first kappa shape index (κ1) is 46.4. The summed E-state index contributed by atoms with van der Waals surface area (Å²) in [5.74, 6) is -1.74. The van der Waals surface area contributed by atoms with Gasteiger partial charge in [-0.2, -0.15) is 0 Å². The molecule has 5 atom stereocenters. The van der Waals surface area contributed by atoms with Crippen LogP contribution in [0.25, 0.3) is 23.1 Å². The molecule has 0 aliphatic carbocycles. The molecule has 0 spiro atoms. The number of hydrogen-bond donors (Lipinski definition) is 1. The van der Waals surface area contributed by atoms with Gasteiger partial charge in [-0.3, -0.25) is 24.3 Å². The van der Waals surface area contributed by atoms with Crippen LogP contribution < -0.4 is 9.47 Å². The van der Waals surface area contributed by atoms with Crippen LogP contribution in [0.4, 0.5) is 0 Å². The Hall–Kier alpha value is -5.69. The average Bonchev–Trinajstić information content (AvgIpc) is 3.59. The van der Waals surface area contributed by atoms with Gasteiger partial charge in [0, 0.05) is 0 Å². The van der Waals surface area contributed by atoms with Crippen LogP contribution in [0.5, 0.6) is 11.6 Å². The van der Waals surface area contributed by atoms with Crippen molar-refractivity contribution in [1.82, 2.24) is 10.2 Å². The van der Waals surface area contributed by atoms with Crippen molar-refractivity contribution < 1.29 is 52.3 Å². The monoisotopic (exact) mass is 840 g/mol. The van der Waals surface area contributed by atoms with E-state index >= 15 is 0 Å². The summed E-state index contributed by atoms with van der Waals surface area (Å²) in [7, 11) is 0. The summed E-state index contributed by atoms with van der Waals surface area (Å²) < 4.78 is 43.2. The second-order valence-corrected chi connectivity index (χ2v) is 19.3. The van der Waals surface area contributed by atoms with Gasteiger partial charge in [0.15, 0.2) is 12.2 Å². The summed E-state index contributed by atoms with van der Waals surface area (Å²) in [6.45, 7) is 20.1. The Balaban J connectivity index is 1.54. The number of esters is 4. The fourth-order valence-corrected chi connectivity index (χ4v) is 5.79. The van der Waals surface area contributed by atoms with E-state index in [1.54, 1.807) is 83.1 Å². The molecule has 4 aromatic rings.